The SMILES string of the molecule is N=C1CCCS1.[Cl-].[H+]. The summed E-state index contributed by atoms with van der Waals surface area (Å²) in [5.41, 5.74) is 0. The van der Waals surface area contributed by atoms with Crippen LogP contribution >= 0.6 is 11.8 Å². The third-order valence-corrected chi connectivity index (χ3v) is 1.87. The predicted molar refractivity (Wildman–Crippen MR) is 30.5 cm³/mol. The van der Waals surface area contributed by atoms with E-state index in [1.54, 1.807) is 11.8 Å². The van der Waals surface area contributed by atoms with Gasteiger partial charge in [0.2, 0.25) is 0 Å². The van der Waals surface area contributed by atoms with Gasteiger partial charge in [-0.15, -0.1) is 11.8 Å². The van der Waals surface area contributed by atoms with E-state index < -0.39 is 0 Å². The highest BCUT2D eigenvalue weighted by atomic mass is 35.5. The lowest BCUT2D eigenvalue weighted by molar-refractivity contribution is -0.00000144. The Morgan fingerprint density at radius 1 is 1.71 bits per heavy atom. The molecular formula is C4H8ClNS. The van der Waals surface area contributed by atoms with E-state index in [2.05, 4.69) is 0 Å². The molecule has 0 unspecified atom stereocenters. The van der Waals surface area contributed by atoms with Crippen LogP contribution in [-0.4, -0.2) is 10.8 Å². The number of thioether (sulfide) groups is 1. The summed E-state index contributed by atoms with van der Waals surface area (Å²) in [7, 11) is 0. The molecule has 0 saturated carbocycles. The number of nitrogens with one attached hydrogen (secondary N) is 1. The van der Waals surface area contributed by atoms with Crippen LogP contribution in [0.3, 0.4) is 0 Å². The first-order valence-corrected chi connectivity index (χ1v) is 3.08. The maximum Gasteiger partial charge on any atom is 1.00 e. The van der Waals surface area contributed by atoms with Gasteiger partial charge in [0.25, 0.3) is 0 Å². The average Bonchev–Trinajstić information content (AvgIpc) is 1.86. The van der Waals surface area contributed by atoms with Crippen molar-refractivity contribution in [2.24, 2.45) is 0 Å². The van der Waals surface area contributed by atoms with Crippen molar-refractivity contribution in [3.63, 3.8) is 0 Å². The van der Waals surface area contributed by atoms with Crippen molar-refractivity contribution in [1.29, 1.82) is 5.41 Å². The largest absolute Gasteiger partial charge is 1.00 e. The molecule has 7 heavy (non-hydrogen) atoms. The van der Waals surface area contributed by atoms with E-state index in [-0.39, 0.29) is 13.8 Å². The molecule has 0 bridgehead atoms. The van der Waals surface area contributed by atoms with Gasteiger partial charge in [-0.25, -0.2) is 0 Å². The van der Waals surface area contributed by atoms with Crippen LogP contribution < -0.4 is 12.4 Å². The molecule has 1 rings (SSSR count). The van der Waals surface area contributed by atoms with Crippen LogP contribution in [0.2, 0.25) is 0 Å². The van der Waals surface area contributed by atoms with Crippen LogP contribution in [0, 0.1) is 5.41 Å². The molecule has 0 aromatic rings. The number of rotatable bonds is 0. The molecule has 1 aliphatic heterocycles. The molecule has 0 amide bonds. The first kappa shape index (κ1) is 7.31. The number of hydrogen-bond acceptors (Lipinski definition) is 2. The zero-order valence-corrected chi connectivity index (χ0v) is 5.48. The molecule has 1 saturated heterocycles. The molecular weight excluding hydrogens is 130 g/mol. The van der Waals surface area contributed by atoms with Gasteiger partial charge in [-0.3, -0.25) is 5.41 Å². The predicted octanol–water partition coefficient (Wildman–Crippen LogP) is -1.39. The minimum Gasteiger partial charge on any atom is -1.00 e. The zero-order valence-electron chi connectivity index (χ0n) is 4.91. The summed E-state index contributed by atoms with van der Waals surface area (Å²) >= 11 is 1.68. The summed E-state index contributed by atoms with van der Waals surface area (Å²) in [6.45, 7) is 0. The lowest BCUT2D eigenvalue weighted by atomic mass is 10.4. The maximum atomic E-state index is 7.01. The number of halogens is 1. The zero-order chi connectivity index (χ0) is 4.41. The molecule has 42 valence electrons. The van der Waals surface area contributed by atoms with E-state index in [1.165, 1.54) is 12.2 Å². The molecule has 1 nitrogen and oxygen atoms in total. The Labute approximate surface area is 55.3 Å². The second-order valence-electron chi connectivity index (χ2n) is 1.38. The Morgan fingerprint density at radius 3 is 2.57 bits per heavy atom. The fraction of sp³-hybridized carbons (Fsp3) is 0.750. The molecule has 0 aromatic carbocycles. The second-order valence-corrected chi connectivity index (χ2v) is 2.56. The minimum absolute atomic E-state index is 0. The molecule has 3 heteroatoms. The molecule has 1 fully saturated rings. The Bertz CT molecular complexity index is 70.4. The lowest BCUT2D eigenvalue weighted by Gasteiger charge is -1.77. The van der Waals surface area contributed by atoms with Crippen molar-refractivity contribution in [2.75, 3.05) is 5.75 Å². The Balaban J connectivity index is 0. The van der Waals surface area contributed by atoms with E-state index in [0.717, 1.165) is 11.5 Å². The standard InChI is InChI=1S/C4H7NS.ClH/c5-4-2-1-3-6-4;/h5H,1-3H2;1H. The Kier molecular flexibility index (Phi) is 3.48. The molecule has 0 atom stereocenters. The third-order valence-electron chi connectivity index (χ3n) is 0.824. The van der Waals surface area contributed by atoms with Gasteiger partial charge in [0.1, 0.15) is 0 Å². The molecule has 0 aromatic heterocycles. The van der Waals surface area contributed by atoms with E-state index in [0.29, 0.717) is 0 Å². The Hall–Kier alpha value is 0.310. The van der Waals surface area contributed by atoms with E-state index in [1.807, 2.05) is 0 Å². The highest BCUT2D eigenvalue weighted by molar-refractivity contribution is 8.14. The smallest absolute Gasteiger partial charge is 1.00 e. The van der Waals surface area contributed by atoms with Gasteiger partial charge in [-0.05, 0) is 18.6 Å². The van der Waals surface area contributed by atoms with Crippen molar-refractivity contribution < 1.29 is 13.8 Å². The monoisotopic (exact) mass is 137 g/mol. The molecule has 0 radical (unpaired) electrons. The van der Waals surface area contributed by atoms with Crippen LogP contribution in [0.4, 0.5) is 0 Å². The van der Waals surface area contributed by atoms with Gasteiger partial charge in [0.05, 0.1) is 5.04 Å². The lowest BCUT2D eigenvalue weighted by Crippen LogP contribution is -3.00. The Morgan fingerprint density at radius 2 is 2.43 bits per heavy atom. The van der Waals surface area contributed by atoms with Crippen molar-refractivity contribution in [3.8, 4) is 0 Å². The van der Waals surface area contributed by atoms with Gasteiger partial charge in [-0.2, -0.15) is 0 Å². The average molecular weight is 138 g/mol. The van der Waals surface area contributed by atoms with Crippen molar-refractivity contribution >= 4 is 16.8 Å². The molecule has 0 aliphatic carbocycles. The van der Waals surface area contributed by atoms with Gasteiger partial charge in [-0.1, -0.05) is 0 Å². The van der Waals surface area contributed by atoms with Crippen LogP contribution in [0.15, 0.2) is 0 Å². The highest BCUT2D eigenvalue weighted by Crippen LogP contribution is 2.17. The van der Waals surface area contributed by atoms with Crippen LogP contribution in [0.25, 0.3) is 0 Å². The summed E-state index contributed by atoms with van der Waals surface area (Å²) < 4.78 is 0. The first-order chi connectivity index (χ1) is 2.89. The topological polar surface area (TPSA) is 23.9 Å². The van der Waals surface area contributed by atoms with Gasteiger partial charge < -0.3 is 12.4 Å². The molecule has 0 spiro atoms. The second kappa shape index (κ2) is 3.33. The summed E-state index contributed by atoms with van der Waals surface area (Å²) in [4.78, 5) is 0. The molecule has 1 N–H and O–H groups in total. The normalized spacial score (nSPS) is 19.1. The van der Waals surface area contributed by atoms with Gasteiger partial charge in [0.15, 0.2) is 0 Å². The van der Waals surface area contributed by atoms with Gasteiger partial charge in [0, 0.05) is 0 Å². The van der Waals surface area contributed by atoms with Crippen LogP contribution in [-0.2, 0) is 0 Å². The minimum atomic E-state index is 0. The molecule has 1 heterocycles. The van der Waals surface area contributed by atoms with E-state index in [9.17, 15) is 0 Å². The maximum absolute atomic E-state index is 7.01. The quantitative estimate of drug-likeness (QED) is 0.437. The molecule has 1 aliphatic rings. The van der Waals surface area contributed by atoms with Crippen molar-refractivity contribution in [3.05, 3.63) is 0 Å². The van der Waals surface area contributed by atoms with Crippen molar-refractivity contribution in [2.45, 2.75) is 12.8 Å². The van der Waals surface area contributed by atoms with Crippen LogP contribution in [0.1, 0.15) is 14.3 Å². The van der Waals surface area contributed by atoms with Gasteiger partial charge >= 0.3 is 1.43 Å². The van der Waals surface area contributed by atoms with E-state index >= 15 is 0 Å². The summed E-state index contributed by atoms with van der Waals surface area (Å²) in [6, 6.07) is 0. The van der Waals surface area contributed by atoms with Crippen molar-refractivity contribution in [1.82, 2.24) is 0 Å². The summed E-state index contributed by atoms with van der Waals surface area (Å²) in [6.07, 6.45) is 2.26. The number of hydrogen-bond donors (Lipinski definition) is 1. The first-order valence-electron chi connectivity index (χ1n) is 2.10. The fourth-order valence-corrected chi connectivity index (χ4v) is 1.32. The third kappa shape index (κ3) is 2.19. The van der Waals surface area contributed by atoms with Crippen LogP contribution in [0.5, 0.6) is 0 Å². The summed E-state index contributed by atoms with van der Waals surface area (Å²) in [5, 5.41) is 7.88. The van der Waals surface area contributed by atoms with E-state index in [4.69, 9.17) is 5.41 Å². The highest BCUT2D eigenvalue weighted by Gasteiger charge is 2.04. The fourth-order valence-electron chi connectivity index (χ4n) is 0.500. The summed E-state index contributed by atoms with van der Waals surface area (Å²) in [5.74, 6) is 1.18.